The van der Waals surface area contributed by atoms with E-state index in [1.165, 1.54) is 37.0 Å². The highest BCUT2D eigenvalue weighted by atomic mass is 32.1. The van der Waals surface area contributed by atoms with Crippen LogP contribution in [0.2, 0.25) is 0 Å². The summed E-state index contributed by atoms with van der Waals surface area (Å²) in [4.78, 5) is 46.7. The highest BCUT2D eigenvalue weighted by Gasteiger charge is 2.44. The summed E-state index contributed by atoms with van der Waals surface area (Å²) in [6.45, 7) is 10.3. The van der Waals surface area contributed by atoms with Crippen LogP contribution in [0.5, 0.6) is 0 Å². The molecule has 9 heteroatoms. The van der Waals surface area contributed by atoms with Gasteiger partial charge in [0.2, 0.25) is 17.7 Å². The number of nitrogens with one attached hydrogen (secondary N) is 2. The Hall–Kier alpha value is -2.78. The van der Waals surface area contributed by atoms with E-state index in [2.05, 4.69) is 22.5 Å². The number of hydrogen-bond donors (Lipinski definition) is 3. The molecule has 0 aliphatic carbocycles. The van der Waals surface area contributed by atoms with Crippen LogP contribution < -0.4 is 10.6 Å². The average molecular weight is 599 g/mol. The molecule has 42 heavy (non-hydrogen) atoms. The first kappa shape index (κ1) is 33.7. The number of unbranched alkanes of at least 4 members (excludes halogenated alkanes) is 7. The first-order valence-corrected chi connectivity index (χ1v) is 16.4. The van der Waals surface area contributed by atoms with Gasteiger partial charge in [-0.1, -0.05) is 96.9 Å². The molecule has 1 aliphatic heterocycles. The number of amides is 3. The first-order chi connectivity index (χ1) is 20.0. The van der Waals surface area contributed by atoms with E-state index in [0.717, 1.165) is 41.0 Å². The van der Waals surface area contributed by atoms with Crippen LogP contribution in [0.1, 0.15) is 103 Å². The third-order valence-corrected chi connectivity index (χ3v) is 8.95. The smallest absolute Gasteiger partial charge is 0.246 e. The van der Waals surface area contributed by atoms with Crippen LogP contribution in [0.3, 0.4) is 0 Å². The molecule has 1 aromatic heterocycles. The van der Waals surface area contributed by atoms with Crippen molar-refractivity contribution in [3.8, 4) is 10.4 Å². The first-order valence-electron chi connectivity index (χ1n) is 15.6. The second-order valence-electron chi connectivity index (χ2n) is 12.7. The Bertz CT molecular complexity index is 1160. The zero-order valence-corrected chi connectivity index (χ0v) is 26.9. The van der Waals surface area contributed by atoms with Crippen LogP contribution in [-0.2, 0) is 20.9 Å². The maximum Gasteiger partial charge on any atom is 0.246 e. The van der Waals surface area contributed by atoms with Crippen molar-refractivity contribution in [1.29, 1.82) is 0 Å². The molecular formula is C33H50N4O4S. The summed E-state index contributed by atoms with van der Waals surface area (Å²) in [5.41, 5.74) is 4.28. The minimum Gasteiger partial charge on any atom is -0.391 e. The lowest BCUT2D eigenvalue weighted by atomic mass is 9.85. The quantitative estimate of drug-likeness (QED) is 0.226. The summed E-state index contributed by atoms with van der Waals surface area (Å²) in [6, 6.07) is 6.39. The van der Waals surface area contributed by atoms with Crippen LogP contribution in [-0.4, -0.2) is 57.4 Å². The Morgan fingerprint density at radius 1 is 1.05 bits per heavy atom. The molecule has 1 aliphatic rings. The number of nitrogens with zero attached hydrogens (tertiary/aromatic N) is 2. The van der Waals surface area contributed by atoms with Crippen molar-refractivity contribution in [3.05, 3.63) is 41.0 Å². The highest BCUT2D eigenvalue weighted by molar-refractivity contribution is 7.13. The molecule has 2 aromatic rings. The predicted octanol–water partition coefficient (Wildman–Crippen LogP) is 5.76. The predicted molar refractivity (Wildman–Crippen MR) is 169 cm³/mol. The molecule has 0 saturated carbocycles. The van der Waals surface area contributed by atoms with Crippen molar-refractivity contribution >= 4 is 29.1 Å². The molecule has 0 radical (unpaired) electrons. The standard InChI is InChI=1S/C33H50N4O4S/c1-6-7-8-9-10-11-12-13-14-28(39)36-30(33(3,4)5)32(41)37-21-26(38)19-27(37)31(40)34-20-24-15-17-25(18-16-24)29-23(2)35-22-42-29/h15-18,22,26-27,30,38H,6-14,19-21H2,1-5H3,(H,34,40)(H,36,39)/t26-,27+,30-/m1/s1. The molecule has 3 N–H and O–H groups in total. The molecule has 1 saturated heterocycles. The van der Waals surface area contributed by atoms with Crippen molar-refractivity contribution < 1.29 is 19.5 Å². The summed E-state index contributed by atoms with van der Waals surface area (Å²) in [5, 5.41) is 16.3. The van der Waals surface area contributed by atoms with E-state index < -0.39 is 23.6 Å². The fourth-order valence-corrected chi connectivity index (χ4v) is 6.24. The van der Waals surface area contributed by atoms with Gasteiger partial charge in [0.25, 0.3) is 0 Å². The number of aliphatic hydroxyl groups excluding tert-OH is 1. The molecule has 3 amide bonds. The van der Waals surface area contributed by atoms with E-state index >= 15 is 0 Å². The van der Waals surface area contributed by atoms with Gasteiger partial charge in [0.05, 0.1) is 22.2 Å². The van der Waals surface area contributed by atoms with E-state index in [1.807, 2.05) is 57.5 Å². The second-order valence-corrected chi connectivity index (χ2v) is 13.5. The Balaban J connectivity index is 1.54. The van der Waals surface area contributed by atoms with Gasteiger partial charge in [-0.15, -0.1) is 11.3 Å². The lowest BCUT2D eigenvalue weighted by molar-refractivity contribution is -0.144. The van der Waals surface area contributed by atoms with Crippen LogP contribution in [0, 0.1) is 12.3 Å². The van der Waals surface area contributed by atoms with Crippen LogP contribution in [0.15, 0.2) is 29.8 Å². The van der Waals surface area contributed by atoms with Crippen LogP contribution in [0.4, 0.5) is 0 Å². The number of benzene rings is 1. The number of thiazole rings is 1. The zero-order valence-electron chi connectivity index (χ0n) is 26.1. The maximum atomic E-state index is 13.8. The lowest BCUT2D eigenvalue weighted by Gasteiger charge is -2.35. The van der Waals surface area contributed by atoms with Crippen LogP contribution >= 0.6 is 11.3 Å². The number of carbonyl (C=O) groups is 3. The fraction of sp³-hybridized carbons (Fsp3) is 0.636. The molecule has 1 fully saturated rings. The highest BCUT2D eigenvalue weighted by Crippen LogP contribution is 2.28. The average Bonchev–Trinajstić information content (AvgIpc) is 3.56. The minimum absolute atomic E-state index is 0.0697. The molecule has 0 bridgehead atoms. The molecular weight excluding hydrogens is 548 g/mol. The van der Waals surface area contributed by atoms with E-state index in [4.69, 9.17) is 0 Å². The van der Waals surface area contributed by atoms with Crippen molar-refractivity contribution in [2.45, 2.75) is 124 Å². The van der Waals surface area contributed by atoms with Gasteiger partial charge in [0.1, 0.15) is 12.1 Å². The number of aryl methyl sites for hydroxylation is 1. The Kier molecular flexibility index (Phi) is 13.0. The van der Waals surface area contributed by atoms with Crippen molar-refractivity contribution in [2.24, 2.45) is 5.41 Å². The summed E-state index contributed by atoms with van der Waals surface area (Å²) >= 11 is 1.59. The number of carbonyl (C=O) groups excluding carboxylic acids is 3. The number of hydrogen-bond acceptors (Lipinski definition) is 6. The fourth-order valence-electron chi connectivity index (χ4n) is 5.43. The van der Waals surface area contributed by atoms with Crippen LogP contribution in [0.25, 0.3) is 10.4 Å². The molecule has 3 rings (SSSR count). The van der Waals surface area contributed by atoms with Gasteiger partial charge in [-0.05, 0) is 29.9 Å². The second kappa shape index (κ2) is 16.2. The summed E-state index contributed by atoms with van der Waals surface area (Å²) in [6.07, 6.45) is 8.91. The third kappa shape index (κ3) is 9.90. The molecule has 0 spiro atoms. The summed E-state index contributed by atoms with van der Waals surface area (Å²) in [7, 11) is 0. The normalized spacial score (nSPS) is 17.7. The van der Waals surface area contributed by atoms with Crippen molar-refractivity contribution in [2.75, 3.05) is 6.54 Å². The number of β-amino-alcohol motifs (C(OH)–C–C–N with tert-alkyl or cyclic N) is 1. The van der Waals surface area contributed by atoms with Gasteiger partial charge in [0.15, 0.2) is 0 Å². The Morgan fingerprint density at radius 3 is 2.29 bits per heavy atom. The molecule has 8 nitrogen and oxygen atoms in total. The van der Waals surface area contributed by atoms with Gasteiger partial charge >= 0.3 is 0 Å². The topological polar surface area (TPSA) is 112 Å². The van der Waals surface area contributed by atoms with Gasteiger partial charge in [-0.25, -0.2) is 4.98 Å². The van der Waals surface area contributed by atoms with Gasteiger partial charge in [-0.3, -0.25) is 14.4 Å². The van der Waals surface area contributed by atoms with Gasteiger partial charge in [-0.2, -0.15) is 0 Å². The van der Waals surface area contributed by atoms with Crippen molar-refractivity contribution in [1.82, 2.24) is 20.5 Å². The Labute approximate surface area is 255 Å². The largest absolute Gasteiger partial charge is 0.391 e. The monoisotopic (exact) mass is 598 g/mol. The van der Waals surface area contributed by atoms with E-state index in [0.29, 0.717) is 13.0 Å². The summed E-state index contributed by atoms with van der Waals surface area (Å²) < 4.78 is 0. The third-order valence-electron chi connectivity index (χ3n) is 7.97. The number of likely N-dealkylation sites (tertiary alicyclic amines) is 1. The molecule has 232 valence electrons. The zero-order chi connectivity index (χ0) is 30.7. The minimum atomic E-state index is -0.791. The van der Waals surface area contributed by atoms with E-state index in [9.17, 15) is 19.5 Å². The van der Waals surface area contributed by atoms with E-state index in [-0.39, 0.29) is 30.7 Å². The summed E-state index contributed by atoms with van der Waals surface area (Å²) in [5.74, 6) is -0.778. The SMILES string of the molecule is CCCCCCCCCCC(=O)N[C@H](C(=O)N1C[C@H](O)C[C@H]1C(=O)NCc1ccc(-c2scnc2C)cc1)C(C)(C)C. The van der Waals surface area contributed by atoms with Gasteiger partial charge in [0, 0.05) is 25.9 Å². The number of aromatic nitrogens is 1. The van der Waals surface area contributed by atoms with Crippen molar-refractivity contribution in [3.63, 3.8) is 0 Å². The molecule has 0 unspecified atom stereocenters. The molecule has 3 atom stereocenters. The molecule has 2 heterocycles. The molecule has 1 aromatic carbocycles. The van der Waals surface area contributed by atoms with E-state index in [1.54, 1.807) is 11.3 Å². The number of rotatable bonds is 15. The Morgan fingerprint density at radius 2 is 1.69 bits per heavy atom. The number of aliphatic hydroxyl groups is 1. The maximum absolute atomic E-state index is 13.8. The van der Waals surface area contributed by atoms with Gasteiger partial charge < -0.3 is 20.6 Å². The lowest BCUT2D eigenvalue weighted by Crippen LogP contribution is -2.57.